The zero-order chi connectivity index (χ0) is 18.0. The number of hydrogen-bond donors (Lipinski definition) is 1. The third-order valence-electron chi connectivity index (χ3n) is 5.74. The van der Waals surface area contributed by atoms with Gasteiger partial charge in [-0.15, -0.1) is 0 Å². The van der Waals surface area contributed by atoms with Crippen molar-refractivity contribution in [2.75, 3.05) is 13.6 Å². The van der Waals surface area contributed by atoms with Crippen LogP contribution in [-0.2, 0) is 0 Å². The van der Waals surface area contributed by atoms with Crippen LogP contribution in [0.4, 0.5) is 0 Å². The van der Waals surface area contributed by atoms with Gasteiger partial charge in [-0.3, -0.25) is 4.79 Å². The first-order chi connectivity index (χ1) is 12.6. The summed E-state index contributed by atoms with van der Waals surface area (Å²) >= 11 is 0. The van der Waals surface area contributed by atoms with Crippen LogP contribution in [-0.4, -0.2) is 24.5 Å². The van der Waals surface area contributed by atoms with Crippen LogP contribution in [0.15, 0.2) is 24.3 Å². The third kappa shape index (κ3) is 1.95. The van der Waals surface area contributed by atoms with Crippen LogP contribution in [0.1, 0.15) is 41.3 Å². The number of carbonyl (C=O) groups excluding carboxylic acids is 1. The lowest BCUT2D eigenvalue weighted by Crippen LogP contribution is -2.32. The minimum atomic E-state index is -0.219. The molecule has 0 saturated heterocycles. The molecule has 0 saturated carbocycles. The average molecular weight is 354 g/mol. The first-order valence-corrected chi connectivity index (χ1v) is 8.65. The van der Waals surface area contributed by atoms with Crippen molar-refractivity contribution >= 4 is 5.78 Å². The van der Waals surface area contributed by atoms with Crippen LogP contribution in [0.3, 0.4) is 0 Å². The summed E-state index contributed by atoms with van der Waals surface area (Å²) in [7, 11) is 0. The number of ketones is 1. The van der Waals surface area contributed by atoms with Crippen molar-refractivity contribution in [3.05, 3.63) is 41.0 Å². The molecule has 6 nitrogen and oxygen atoms in total. The first-order valence-electron chi connectivity index (χ1n) is 8.65. The largest absolute Gasteiger partial charge is 0.508 e. The number of aromatic hydroxyl groups is 1. The van der Waals surface area contributed by atoms with E-state index in [9.17, 15) is 9.90 Å². The summed E-state index contributed by atoms with van der Waals surface area (Å²) in [5.74, 6) is 2.12. The summed E-state index contributed by atoms with van der Waals surface area (Å²) < 4.78 is 22.1. The monoisotopic (exact) mass is 354 g/mol. The van der Waals surface area contributed by atoms with E-state index < -0.39 is 0 Å². The highest BCUT2D eigenvalue weighted by Crippen LogP contribution is 2.54. The standard InChI is InChI=1S/C20H18O6/c1-9-10(2)19(22)11-3-4-14-20(26-8-23-14)18(11)17(9)12-5-15-16(6-13(12)21)25-7-24-15/h3-6,9-10,17,21H,7-8H2,1-2H3/t9-,10-,17-/m1/s1. The van der Waals surface area contributed by atoms with Gasteiger partial charge in [-0.2, -0.15) is 0 Å². The lowest BCUT2D eigenvalue weighted by molar-refractivity contribution is 0.0863. The molecule has 0 unspecified atom stereocenters. The highest BCUT2D eigenvalue weighted by Gasteiger charge is 2.43. The van der Waals surface area contributed by atoms with Crippen molar-refractivity contribution in [1.82, 2.24) is 0 Å². The van der Waals surface area contributed by atoms with E-state index in [1.807, 2.05) is 13.8 Å². The number of ether oxygens (including phenoxy) is 4. The number of carbonyl (C=O) groups is 1. The van der Waals surface area contributed by atoms with Crippen molar-refractivity contribution in [1.29, 1.82) is 0 Å². The third-order valence-corrected chi connectivity index (χ3v) is 5.74. The summed E-state index contributed by atoms with van der Waals surface area (Å²) in [6.07, 6.45) is 0. The Labute approximate surface area is 150 Å². The van der Waals surface area contributed by atoms with Gasteiger partial charge in [0.2, 0.25) is 13.6 Å². The van der Waals surface area contributed by atoms with E-state index in [0.29, 0.717) is 34.1 Å². The van der Waals surface area contributed by atoms with Gasteiger partial charge < -0.3 is 24.1 Å². The summed E-state index contributed by atoms with van der Waals surface area (Å²) in [6, 6.07) is 6.95. The van der Waals surface area contributed by atoms with Gasteiger partial charge in [-0.25, -0.2) is 0 Å². The van der Waals surface area contributed by atoms with Crippen LogP contribution in [0, 0.1) is 11.8 Å². The molecule has 1 N–H and O–H groups in total. The second kappa shape index (κ2) is 5.30. The maximum atomic E-state index is 12.9. The van der Waals surface area contributed by atoms with Crippen LogP contribution in [0.25, 0.3) is 0 Å². The molecule has 2 aromatic carbocycles. The van der Waals surface area contributed by atoms with E-state index in [4.69, 9.17) is 18.9 Å². The Bertz CT molecular complexity index is 934. The van der Waals surface area contributed by atoms with Gasteiger partial charge >= 0.3 is 0 Å². The second-order valence-corrected chi connectivity index (χ2v) is 7.01. The molecule has 0 amide bonds. The molecule has 5 rings (SSSR count). The van der Waals surface area contributed by atoms with Gasteiger partial charge in [0.1, 0.15) is 5.75 Å². The summed E-state index contributed by atoms with van der Waals surface area (Å²) in [5.41, 5.74) is 2.11. The van der Waals surface area contributed by atoms with Gasteiger partial charge in [-0.05, 0) is 24.1 Å². The van der Waals surface area contributed by atoms with E-state index in [0.717, 1.165) is 5.56 Å². The highest BCUT2D eigenvalue weighted by atomic mass is 16.7. The fourth-order valence-electron chi connectivity index (χ4n) is 4.19. The Hall–Kier alpha value is -2.89. The van der Waals surface area contributed by atoms with E-state index >= 15 is 0 Å². The molecular formula is C20H18O6. The molecule has 2 aromatic rings. The molecule has 0 spiro atoms. The molecule has 26 heavy (non-hydrogen) atoms. The number of phenolic OH excluding ortho intramolecular Hbond substituents is 1. The van der Waals surface area contributed by atoms with Gasteiger partial charge in [0.15, 0.2) is 28.8 Å². The number of phenols is 1. The molecule has 0 bridgehead atoms. The summed E-state index contributed by atoms with van der Waals surface area (Å²) in [5, 5.41) is 10.7. The Kier molecular flexibility index (Phi) is 3.13. The number of Topliss-reactive ketones (excluding diaryl/α,β-unsaturated/α-hetero) is 1. The van der Waals surface area contributed by atoms with Crippen molar-refractivity contribution in [3.63, 3.8) is 0 Å². The first kappa shape index (κ1) is 15.4. The molecule has 0 radical (unpaired) electrons. The van der Waals surface area contributed by atoms with Gasteiger partial charge in [0.25, 0.3) is 0 Å². The minimum Gasteiger partial charge on any atom is -0.508 e. The number of benzene rings is 2. The maximum absolute atomic E-state index is 12.9. The Morgan fingerprint density at radius 1 is 0.962 bits per heavy atom. The van der Waals surface area contributed by atoms with Crippen LogP contribution in [0.5, 0.6) is 28.7 Å². The fourth-order valence-corrected chi connectivity index (χ4v) is 4.19. The molecule has 0 aromatic heterocycles. The molecule has 3 atom stereocenters. The maximum Gasteiger partial charge on any atom is 0.231 e. The van der Waals surface area contributed by atoms with E-state index in [1.165, 1.54) is 0 Å². The molecule has 0 fully saturated rings. The molecule has 6 heteroatoms. The van der Waals surface area contributed by atoms with Crippen molar-refractivity contribution < 1.29 is 28.8 Å². The predicted octanol–water partition coefficient (Wildman–Crippen LogP) is 3.45. The zero-order valence-electron chi connectivity index (χ0n) is 14.4. The smallest absolute Gasteiger partial charge is 0.231 e. The summed E-state index contributed by atoms with van der Waals surface area (Å²) in [4.78, 5) is 12.9. The Morgan fingerprint density at radius 3 is 2.46 bits per heavy atom. The SMILES string of the molecule is C[C@H]1[C@H](c2cc3c(cc2O)OCO3)c2c(ccc3c2OCO3)C(=O)[C@@H]1C. The van der Waals surface area contributed by atoms with E-state index in [-0.39, 0.29) is 42.9 Å². The zero-order valence-corrected chi connectivity index (χ0v) is 14.4. The number of hydrogen-bond acceptors (Lipinski definition) is 6. The van der Waals surface area contributed by atoms with Gasteiger partial charge in [-0.1, -0.05) is 13.8 Å². The predicted molar refractivity (Wildman–Crippen MR) is 91.3 cm³/mol. The normalized spacial score (nSPS) is 25.3. The average Bonchev–Trinajstić information content (AvgIpc) is 3.28. The molecule has 3 aliphatic rings. The van der Waals surface area contributed by atoms with Crippen molar-refractivity contribution in [2.24, 2.45) is 11.8 Å². The fraction of sp³-hybridized carbons (Fsp3) is 0.350. The Morgan fingerprint density at radius 2 is 1.65 bits per heavy atom. The minimum absolute atomic E-state index is 0.0306. The molecule has 134 valence electrons. The lowest BCUT2D eigenvalue weighted by atomic mass is 9.66. The van der Waals surface area contributed by atoms with Crippen LogP contribution >= 0.6 is 0 Å². The number of rotatable bonds is 1. The second-order valence-electron chi connectivity index (χ2n) is 7.01. The molecular weight excluding hydrogens is 336 g/mol. The van der Waals surface area contributed by atoms with Crippen molar-refractivity contribution in [2.45, 2.75) is 19.8 Å². The molecule has 2 heterocycles. The van der Waals surface area contributed by atoms with E-state index in [2.05, 4.69) is 0 Å². The Balaban J connectivity index is 1.76. The molecule has 1 aliphatic carbocycles. The van der Waals surface area contributed by atoms with Crippen LogP contribution < -0.4 is 18.9 Å². The lowest BCUT2D eigenvalue weighted by Gasteiger charge is -2.36. The van der Waals surface area contributed by atoms with Crippen LogP contribution in [0.2, 0.25) is 0 Å². The quantitative estimate of drug-likeness (QED) is 0.845. The van der Waals surface area contributed by atoms with Crippen molar-refractivity contribution in [3.8, 4) is 28.7 Å². The van der Waals surface area contributed by atoms with Gasteiger partial charge in [0.05, 0.1) is 0 Å². The highest BCUT2D eigenvalue weighted by molar-refractivity contribution is 6.02. The van der Waals surface area contributed by atoms with E-state index in [1.54, 1.807) is 24.3 Å². The van der Waals surface area contributed by atoms with Gasteiger partial charge in [0, 0.05) is 34.6 Å². The topological polar surface area (TPSA) is 74.2 Å². The number of fused-ring (bicyclic) bond motifs is 4. The molecule has 2 aliphatic heterocycles. The summed E-state index contributed by atoms with van der Waals surface area (Å²) in [6.45, 7) is 4.22.